The van der Waals surface area contributed by atoms with E-state index in [4.69, 9.17) is 5.26 Å². The van der Waals surface area contributed by atoms with Crippen LogP contribution in [0.1, 0.15) is 17.8 Å². The fraction of sp³-hybridized carbons (Fsp3) is 0.400. The predicted molar refractivity (Wildman–Crippen MR) is 80.4 cm³/mol. The van der Waals surface area contributed by atoms with Gasteiger partial charge in [-0.15, -0.1) is 0 Å². The molecule has 0 saturated carbocycles. The van der Waals surface area contributed by atoms with Crippen LogP contribution in [0.4, 0.5) is 11.9 Å². The van der Waals surface area contributed by atoms with Crippen molar-refractivity contribution in [2.24, 2.45) is 0 Å². The second-order valence-electron chi connectivity index (χ2n) is 5.71. The average Bonchev–Trinajstić information content (AvgIpc) is 2.55. The zero-order valence-corrected chi connectivity index (χ0v) is 12.2. The Labute approximate surface area is 128 Å². The van der Waals surface area contributed by atoms with Crippen LogP contribution >= 0.6 is 0 Å². The lowest BCUT2D eigenvalue weighted by molar-refractivity contribution is 0.284. The molecule has 0 aliphatic carbocycles. The van der Waals surface area contributed by atoms with Crippen LogP contribution in [0.25, 0.3) is 0 Å². The molecule has 0 amide bonds. The fourth-order valence-electron chi connectivity index (χ4n) is 3.22. The lowest BCUT2D eigenvalue weighted by atomic mass is 9.88. The SMILES string of the molecule is Cc1ccnc(N2CC3CC(C2)N3c2nccc(C#N)n2)n1. The maximum Gasteiger partial charge on any atom is 0.227 e. The summed E-state index contributed by atoms with van der Waals surface area (Å²) < 4.78 is 0. The van der Waals surface area contributed by atoms with Gasteiger partial charge in [-0.1, -0.05) is 0 Å². The van der Waals surface area contributed by atoms with E-state index in [2.05, 4.69) is 35.8 Å². The van der Waals surface area contributed by atoms with E-state index in [1.165, 1.54) is 0 Å². The number of piperidine rings is 1. The number of anilines is 2. The van der Waals surface area contributed by atoms with Crippen molar-refractivity contribution in [2.45, 2.75) is 25.4 Å². The highest BCUT2D eigenvalue weighted by molar-refractivity contribution is 5.47. The molecule has 3 aliphatic heterocycles. The molecule has 22 heavy (non-hydrogen) atoms. The van der Waals surface area contributed by atoms with Crippen LogP contribution in [0, 0.1) is 18.3 Å². The molecule has 2 unspecified atom stereocenters. The van der Waals surface area contributed by atoms with Crippen molar-refractivity contribution in [3.05, 3.63) is 35.9 Å². The number of nitrogens with zero attached hydrogens (tertiary/aromatic N) is 7. The van der Waals surface area contributed by atoms with Crippen molar-refractivity contribution in [3.8, 4) is 6.07 Å². The van der Waals surface area contributed by atoms with E-state index in [1.807, 2.05) is 13.0 Å². The molecule has 2 atom stereocenters. The van der Waals surface area contributed by atoms with Crippen LogP contribution in [0.5, 0.6) is 0 Å². The Kier molecular flexibility index (Phi) is 2.89. The van der Waals surface area contributed by atoms with Crippen molar-refractivity contribution in [2.75, 3.05) is 22.9 Å². The highest BCUT2D eigenvalue weighted by Crippen LogP contribution is 2.36. The van der Waals surface area contributed by atoms with E-state index in [-0.39, 0.29) is 0 Å². The lowest BCUT2D eigenvalue weighted by Crippen LogP contribution is -2.69. The van der Waals surface area contributed by atoms with E-state index in [1.54, 1.807) is 18.5 Å². The van der Waals surface area contributed by atoms with Gasteiger partial charge in [0.1, 0.15) is 11.8 Å². The van der Waals surface area contributed by atoms with Gasteiger partial charge in [0, 0.05) is 31.2 Å². The standard InChI is InChI=1S/C15H15N7/c1-10-2-4-17-14(19-10)21-8-12-6-13(9-21)22(12)15-18-5-3-11(7-16)20-15/h2-5,12-13H,6,8-9H2,1H3. The number of aromatic nitrogens is 4. The third-order valence-corrected chi connectivity index (χ3v) is 4.25. The number of nitriles is 1. The van der Waals surface area contributed by atoms with Crippen molar-refractivity contribution >= 4 is 11.9 Å². The Morgan fingerprint density at radius 3 is 2.55 bits per heavy atom. The first-order chi connectivity index (χ1) is 10.7. The van der Waals surface area contributed by atoms with Gasteiger partial charge >= 0.3 is 0 Å². The maximum absolute atomic E-state index is 8.97. The zero-order chi connectivity index (χ0) is 15.1. The molecule has 0 spiro atoms. The van der Waals surface area contributed by atoms with Gasteiger partial charge in [-0.05, 0) is 25.5 Å². The summed E-state index contributed by atoms with van der Waals surface area (Å²) in [5.74, 6) is 1.45. The molecule has 7 nitrogen and oxygen atoms in total. The molecule has 2 aromatic heterocycles. The van der Waals surface area contributed by atoms with Gasteiger partial charge in [0.2, 0.25) is 11.9 Å². The minimum absolute atomic E-state index is 0.358. The summed E-state index contributed by atoms with van der Waals surface area (Å²) in [6.07, 6.45) is 4.58. The summed E-state index contributed by atoms with van der Waals surface area (Å²) in [6, 6.07) is 6.32. The molecule has 3 fully saturated rings. The van der Waals surface area contributed by atoms with Crippen molar-refractivity contribution < 1.29 is 0 Å². The summed E-state index contributed by atoms with van der Waals surface area (Å²) in [5, 5.41) is 8.97. The second kappa shape index (κ2) is 4.91. The highest BCUT2D eigenvalue weighted by atomic mass is 15.4. The molecule has 3 saturated heterocycles. The predicted octanol–water partition coefficient (Wildman–Crippen LogP) is 0.914. The Hall–Kier alpha value is -2.75. The Morgan fingerprint density at radius 1 is 1.09 bits per heavy atom. The molecule has 5 heterocycles. The van der Waals surface area contributed by atoms with Gasteiger partial charge in [0.25, 0.3) is 0 Å². The Morgan fingerprint density at radius 2 is 1.82 bits per heavy atom. The Balaban J connectivity index is 1.54. The minimum Gasteiger partial charge on any atom is -0.337 e. The highest BCUT2D eigenvalue weighted by Gasteiger charge is 2.46. The van der Waals surface area contributed by atoms with E-state index in [0.29, 0.717) is 23.7 Å². The first-order valence-corrected chi connectivity index (χ1v) is 7.30. The van der Waals surface area contributed by atoms with Crippen LogP contribution in [0.15, 0.2) is 24.5 Å². The average molecular weight is 293 g/mol. The van der Waals surface area contributed by atoms with Crippen molar-refractivity contribution in [3.63, 3.8) is 0 Å². The summed E-state index contributed by atoms with van der Waals surface area (Å²) >= 11 is 0. The van der Waals surface area contributed by atoms with E-state index >= 15 is 0 Å². The zero-order valence-electron chi connectivity index (χ0n) is 12.2. The van der Waals surface area contributed by atoms with Crippen LogP contribution < -0.4 is 9.80 Å². The van der Waals surface area contributed by atoms with E-state index < -0.39 is 0 Å². The quantitative estimate of drug-likeness (QED) is 0.814. The Bertz CT molecular complexity index is 742. The van der Waals surface area contributed by atoms with Crippen LogP contribution in [0.2, 0.25) is 0 Å². The molecule has 2 aromatic rings. The minimum atomic E-state index is 0.358. The largest absolute Gasteiger partial charge is 0.337 e. The maximum atomic E-state index is 8.97. The van der Waals surface area contributed by atoms with Gasteiger partial charge in [-0.25, -0.2) is 19.9 Å². The number of hydrogen-bond acceptors (Lipinski definition) is 7. The van der Waals surface area contributed by atoms with Gasteiger partial charge in [0.15, 0.2) is 0 Å². The molecular formula is C15H15N7. The number of fused-ring (bicyclic) bond motifs is 2. The molecule has 0 aromatic carbocycles. The molecule has 2 bridgehead atoms. The van der Waals surface area contributed by atoms with Gasteiger partial charge in [-0.3, -0.25) is 0 Å². The molecule has 3 aliphatic rings. The van der Waals surface area contributed by atoms with E-state index in [9.17, 15) is 0 Å². The first kappa shape index (κ1) is 13.0. The molecular weight excluding hydrogens is 278 g/mol. The number of piperazine rings is 1. The molecule has 0 radical (unpaired) electrons. The van der Waals surface area contributed by atoms with Gasteiger partial charge in [-0.2, -0.15) is 5.26 Å². The van der Waals surface area contributed by atoms with Gasteiger partial charge in [0.05, 0.1) is 12.1 Å². The van der Waals surface area contributed by atoms with Gasteiger partial charge < -0.3 is 9.80 Å². The van der Waals surface area contributed by atoms with Crippen molar-refractivity contribution in [1.29, 1.82) is 5.26 Å². The monoisotopic (exact) mass is 293 g/mol. The molecule has 110 valence electrons. The molecule has 5 rings (SSSR count). The summed E-state index contributed by atoms with van der Waals surface area (Å²) in [7, 11) is 0. The smallest absolute Gasteiger partial charge is 0.227 e. The lowest BCUT2D eigenvalue weighted by Gasteiger charge is -2.56. The summed E-state index contributed by atoms with van der Waals surface area (Å²) in [4.78, 5) is 21.9. The topological polar surface area (TPSA) is 81.8 Å². The second-order valence-corrected chi connectivity index (χ2v) is 5.71. The normalized spacial score (nSPS) is 22.9. The third kappa shape index (κ3) is 2.04. The van der Waals surface area contributed by atoms with Crippen molar-refractivity contribution in [1.82, 2.24) is 19.9 Å². The third-order valence-electron chi connectivity index (χ3n) is 4.25. The van der Waals surface area contributed by atoms with Crippen LogP contribution in [0.3, 0.4) is 0 Å². The van der Waals surface area contributed by atoms with Crippen LogP contribution in [-0.4, -0.2) is 45.1 Å². The van der Waals surface area contributed by atoms with Crippen LogP contribution in [-0.2, 0) is 0 Å². The van der Waals surface area contributed by atoms with E-state index in [0.717, 1.165) is 31.2 Å². The number of rotatable bonds is 2. The summed E-state index contributed by atoms with van der Waals surface area (Å²) in [5.41, 5.74) is 1.39. The number of aryl methyl sites for hydroxylation is 1. The molecule has 7 heteroatoms. The summed E-state index contributed by atoms with van der Waals surface area (Å²) in [6.45, 7) is 3.70. The fourth-order valence-corrected chi connectivity index (χ4v) is 3.22. The first-order valence-electron chi connectivity index (χ1n) is 7.30. The molecule has 0 N–H and O–H groups in total. The number of hydrogen-bond donors (Lipinski definition) is 0.